The number of allylic oxidation sites excluding steroid dienone is 1. The fourth-order valence-electron chi connectivity index (χ4n) is 1.69. The third-order valence-electron chi connectivity index (χ3n) is 2.50. The number of hydrogen-bond donors (Lipinski definition) is 1. The second-order valence-corrected chi connectivity index (χ2v) is 3.62. The van der Waals surface area contributed by atoms with Crippen LogP contribution in [-0.4, -0.2) is 21.4 Å². The van der Waals surface area contributed by atoms with Gasteiger partial charge in [0, 0.05) is 31.4 Å². The number of imidazole rings is 1. The molecule has 0 spiro atoms. The molecule has 2 N–H and O–H groups in total. The van der Waals surface area contributed by atoms with E-state index in [2.05, 4.69) is 4.98 Å². The van der Waals surface area contributed by atoms with Gasteiger partial charge in [0.1, 0.15) is 0 Å². The van der Waals surface area contributed by atoms with E-state index in [1.165, 1.54) is 0 Å². The van der Waals surface area contributed by atoms with Crippen LogP contribution in [0.4, 0.5) is 0 Å². The fourth-order valence-corrected chi connectivity index (χ4v) is 1.69. The summed E-state index contributed by atoms with van der Waals surface area (Å²) in [5.41, 5.74) is 5.69. The Morgan fingerprint density at radius 1 is 1.64 bits per heavy atom. The molecule has 14 heavy (non-hydrogen) atoms. The lowest BCUT2D eigenvalue weighted by molar-refractivity contribution is 0.0929. The quantitative estimate of drug-likeness (QED) is 0.547. The summed E-state index contributed by atoms with van der Waals surface area (Å²) < 4.78 is 1.74. The van der Waals surface area contributed by atoms with Gasteiger partial charge in [-0.15, -0.1) is 0 Å². The number of Topliss-reactive ketones (excluding diaryl/α,β-unsaturated/α-hetero) is 1. The summed E-state index contributed by atoms with van der Waals surface area (Å²) in [6.07, 6.45) is 7.86. The maximum absolute atomic E-state index is 11.9. The Bertz CT molecular complexity index is 380. The molecule has 74 valence electrons. The van der Waals surface area contributed by atoms with Crippen molar-refractivity contribution in [2.45, 2.75) is 12.5 Å². The number of nitrogens with two attached hydrogens (primary N) is 1. The van der Waals surface area contributed by atoms with Gasteiger partial charge in [0.05, 0.1) is 0 Å². The second-order valence-electron chi connectivity index (χ2n) is 3.62. The lowest BCUT2D eigenvalue weighted by Crippen LogP contribution is -2.21. The zero-order valence-electron chi connectivity index (χ0n) is 8.05. The van der Waals surface area contributed by atoms with Gasteiger partial charge >= 0.3 is 0 Å². The highest BCUT2D eigenvalue weighted by atomic mass is 16.1. The van der Waals surface area contributed by atoms with E-state index >= 15 is 0 Å². The zero-order chi connectivity index (χ0) is 10.1. The minimum absolute atomic E-state index is 0.0178. The van der Waals surface area contributed by atoms with E-state index in [9.17, 15) is 4.79 Å². The average molecular weight is 191 g/mol. The number of carbonyl (C=O) groups excluding carboxylic acids is 1. The molecule has 0 amide bonds. The van der Waals surface area contributed by atoms with Gasteiger partial charge in [-0.2, -0.15) is 0 Å². The predicted molar refractivity (Wildman–Crippen MR) is 52.8 cm³/mol. The molecule has 1 heterocycles. The highest BCUT2D eigenvalue weighted by Crippen LogP contribution is 2.20. The Morgan fingerprint density at radius 3 is 2.93 bits per heavy atom. The molecule has 1 aliphatic carbocycles. The molecule has 4 heteroatoms. The number of aryl methyl sites for hydroxylation is 1. The van der Waals surface area contributed by atoms with Gasteiger partial charge in [0.25, 0.3) is 0 Å². The molecule has 0 saturated heterocycles. The fraction of sp³-hybridized carbons (Fsp3) is 0.400. The molecule has 0 saturated carbocycles. The molecule has 2 rings (SSSR count). The summed E-state index contributed by atoms with van der Waals surface area (Å²) in [7, 11) is 1.82. The molecule has 4 nitrogen and oxygen atoms in total. The number of rotatable bonds is 2. The largest absolute Gasteiger partial charge is 0.332 e. The lowest BCUT2D eigenvalue weighted by atomic mass is 10.0. The number of aromatic nitrogens is 2. The van der Waals surface area contributed by atoms with Crippen LogP contribution in [0, 0.1) is 5.92 Å². The van der Waals surface area contributed by atoms with Crippen LogP contribution in [0.25, 0.3) is 0 Å². The van der Waals surface area contributed by atoms with Gasteiger partial charge in [-0.1, -0.05) is 12.2 Å². The van der Waals surface area contributed by atoms with Crippen LogP contribution in [0.5, 0.6) is 0 Å². The van der Waals surface area contributed by atoms with Gasteiger partial charge in [-0.3, -0.25) is 4.79 Å². The van der Waals surface area contributed by atoms with Crippen LogP contribution in [0.2, 0.25) is 0 Å². The number of nitrogens with zero attached hydrogens (tertiary/aromatic N) is 2. The first kappa shape index (κ1) is 9.15. The molecule has 1 aromatic heterocycles. The van der Waals surface area contributed by atoms with E-state index < -0.39 is 0 Å². The minimum atomic E-state index is -0.0916. The first-order valence-electron chi connectivity index (χ1n) is 4.64. The Hall–Kier alpha value is -1.42. The van der Waals surface area contributed by atoms with Crippen LogP contribution in [0.15, 0.2) is 24.5 Å². The van der Waals surface area contributed by atoms with Gasteiger partial charge < -0.3 is 10.3 Å². The van der Waals surface area contributed by atoms with Crippen molar-refractivity contribution in [2.75, 3.05) is 0 Å². The molecular weight excluding hydrogens is 178 g/mol. The number of carbonyl (C=O) groups is 1. The summed E-state index contributed by atoms with van der Waals surface area (Å²) in [5, 5.41) is 0. The maximum Gasteiger partial charge on any atom is 0.205 e. The zero-order valence-corrected chi connectivity index (χ0v) is 8.05. The standard InChI is InChI=1S/C10H13N3O/c1-13-5-4-12-10(13)9(14)7-2-3-8(11)6-7/h2-5,7-8H,6,11H2,1H3. The monoisotopic (exact) mass is 191 g/mol. The molecular formula is C10H13N3O. The van der Waals surface area contributed by atoms with Crippen LogP contribution in [0.1, 0.15) is 17.0 Å². The van der Waals surface area contributed by atoms with Crippen molar-refractivity contribution < 1.29 is 4.79 Å². The van der Waals surface area contributed by atoms with Crippen molar-refractivity contribution >= 4 is 5.78 Å². The van der Waals surface area contributed by atoms with Crippen molar-refractivity contribution in [3.8, 4) is 0 Å². The molecule has 0 radical (unpaired) electrons. The van der Waals surface area contributed by atoms with Gasteiger partial charge in [-0.25, -0.2) is 4.98 Å². The summed E-state index contributed by atoms with van der Waals surface area (Å²) in [5.74, 6) is 0.474. The Morgan fingerprint density at radius 2 is 2.43 bits per heavy atom. The molecule has 1 aromatic rings. The van der Waals surface area contributed by atoms with E-state index in [-0.39, 0.29) is 17.7 Å². The van der Waals surface area contributed by atoms with E-state index in [0.717, 1.165) is 0 Å². The SMILES string of the molecule is Cn1ccnc1C(=O)C1C=CC(N)C1. The molecule has 1 aliphatic rings. The smallest absolute Gasteiger partial charge is 0.205 e. The highest BCUT2D eigenvalue weighted by Gasteiger charge is 2.25. The van der Waals surface area contributed by atoms with Crippen LogP contribution < -0.4 is 5.73 Å². The summed E-state index contributed by atoms with van der Waals surface area (Å²) >= 11 is 0. The molecule has 0 fully saturated rings. The topological polar surface area (TPSA) is 60.9 Å². The van der Waals surface area contributed by atoms with Crippen molar-refractivity contribution in [2.24, 2.45) is 18.7 Å². The molecule has 0 aromatic carbocycles. The molecule has 0 aliphatic heterocycles. The summed E-state index contributed by atoms with van der Waals surface area (Å²) in [6, 6.07) is 0.0178. The van der Waals surface area contributed by atoms with Gasteiger partial charge in [0.15, 0.2) is 5.82 Å². The van der Waals surface area contributed by atoms with Crippen molar-refractivity contribution in [3.05, 3.63) is 30.4 Å². The predicted octanol–water partition coefficient (Wildman–Crippen LogP) is 0.506. The minimum Gasteiger partial charge on any atom is -0.332 e. The first-order valence-corrected chi connectivity index (χ1v) is 4.64. The van der Waals surface area contributed by atoms with Gasteiger partial charge in [-0.05, 0) is 6.42 Å². The van der Waals surface area contributed by atoms with Crippen molar-refractivity contribution in [3.63, 3.8) is 0 Å². The van der Waals surface area contributed by atoms with Crippen molar-refractivity contribution in [1.29, 1.82) is 0 Å². The second kappa shape index (κ2) is 3.38. The highest BCUT2D eigenvalue weighted by molar-refractivity contribution is 5.96. The van der Waals surface area contributed by atoms with E-state index in [4.69, 9.17) is 5.73 Å². The van der Waals surface area contributed by atoms with Crippen molar-refractivity contribution in [1.82, 2.24) is 9.55 Å². The average Bonchev–Trinajstić information content (AvgIpc) is 2.73. The lowest BCUT2D eigenvalue weighted by Gasteiger charge is -2.07. The summed E-state index contributed by atoms with van der Waals surface area (Å²) in [4.78, 5) is 15.9. The summed E-state index contributed by atoms with van der Waals surface area (Å²) in [6.45, 7) is 0. The van der Waals surface area contributed by atoms with E-state index in [0.29, 0.717) is 12.2 Å². The van der Waals surface area contributed by atoms with Crippen LogP contribution in [-0.2, 0) is 7.05 Å². The Labute approximate surface area is 82.4 Å². The van der Waals surface area contributed by atoms with Crippen LogP contribution in [0.3, 0.4) is 0 Å². The normalized spacial score (nSPS) is 25.6. The molecule has 2 unspecified atom stereocenters. The van der Waals surface area contributed by atoms with Crippen LogP contribution >= 0.6 is 0 Å². The Kier molecular flexibility index (Phi) is 2.21. The first-order chi connectivity index (χ1) is 6.68. The number of hydrogen-bond acceptors (Lipinski definition) is 3. The molecule has 2 atom stereocenters. The maximum atomic E-state index is 11.9. The van der Waals surface area contributed by atoms with E-state index in [1.807, 2.05) is 19.2 Å². The Balaban J connectivity index is 2.18. The third-order valence-corrected chi connectivity index (χ3v) is 2.50. The van der Waals surface area contributed by atoms with Gasteiger partial charge in [0.2, 0.25) is 5.78 Å². The third kappa shape index (κ3) is 1.48. The molecule has 0 bridgehead atoms. The van der Waals surface area contributed by atoms with E-state index in [1.54, 1.807) is 17.0 Å². The number of ketones is 1.